The highest BCUT2D eigenvalue weighted by Gasteiger charge is 2.10. The van der Waals surface area contributed by atoms with Gasteiger partial charge in [-0.15, -0.1) is 0 Å². The Kier molecular flexibility index (Phi) is 9.33. The minimum atomic E-state index is -2.87. The number of ether oxygens (including phenoxy) is 2. The summed E-state index contributed by atoms with van der Waals surface area (Å²) in [7, 11) is 1.66. The maximum Gasteiger partial charge on any atom is 0.387 e. The minimum absolute atomic E-state index is 0.0505. The largest absolute Gasteiger partial charge is 0.435 e. The fraction of sp³-hybridized carbons (Fsp3) is 0.381. The molecule has 0 fully saturated rings. The van der Waals surface area contributed by atoms with Gasteiger partial charge in [-0.25, -0.2) is 4.99 Å². The van der Waals surface area contributed by atoms with Crippen molar-refractivity contribution >= 4 is 5.96 Å². The van der Waals surface area contributed by atoms with Crippen molar-refractivity contribution in [2.75, 3.05) is 20.2 Å². The molecule has 0 bridgehead atoms. The van der Waals surface area contributed by atoms with Crippen LogP contribution in [0.2, 0.25) is 0 Å². The zero-order chi connectivity index (χ0) is 21.1. The third-order valence-electron chi connectivity index (χ3n) is 4.02. The van der Waals surface area contributed by atoms with E-state index in [1.165, 1.54) is 12.1 Å². The Bertz CT molecular complexity index is 770. The van der Waals surface area contributed by atoms with Crippen LogP contribution in [0, 0.1) is 0 Å². The lowest BCUT2D eigenvalue weighted by Crippen LogP contribution is -2.39. The van der Waals surface area contributed by atoms with E-state index in [0.29, 0.717) is 31.2 Å². The topological polar surface area (TPSA) is 75.1 Å². The first-order chi connectivity index (χ1) is 14.0. The molecule has 0 aliphatic heterocycles. The van der Waals surface area contributed by atoms with E-state index in [0.717, 1.165) is 11.1 Å². The van der Waals surface area contributed by atoms with E-state index in [-0.39, 0.29) is 12.3 Å². The van der Waals surface area contributed by atoms with Gasteiger partial charge in [0.1, 0.15) is 5.75 Å². The normalized spacial score (nSPS) is 12.7. The zero-order valence-electron chi connectivity index (χ0n) is 16.6. The molecule has 0 spiro atoms. The van der Waals surface area contributed by atoms with Crippen molar-refractivity contribution in [3.05, 3.63) is 65.2 Å². The summed E-state index contributed by atoms with van der Waals surface area (Å²) in [6, 6.07) is 13.9. The second kappa shape index (κ2) is 12.0. The third kappa shape index (κ3) is 8.05. The Labute approximate surface area is 169 Å². The molecule has 2 rings (SSSR count). The van der Waals surface area contributed by atoms with Crippen LogP contribution in [0.3, 0.4) is 0 Å². The quantitative estimate of drug-likeness (QED) is 0.417. The van der Waals surface area contributed by atoms with Crippen LogP contribution in [-0.4, -0.2) is 37.9 Å². The summed E-state index contributed by atoms with van der Waals surface area (Å²) in [6.45, 7) is 0.984. The number of aliphatic hydroxyl groups excluding tert-OH is 1. The van der Waals surface area contributed by atoms with Gasteiger partial charge in [0.05, 0.1) is 19.3 Å². The second-order valence-corrected chi connectivity index (χ2v) is 6.29. The molecule has 0 aliphatic rings. The molecular weight excluding hydrogens is 380 g/mol. The highest BCUT2D eigenvalue weighted by atomic mass is 19.3. The average molecular weight is 407 g/mol. The predicted molar refractivity (Wildman–Crippen MR) is 108 cm³/mol. The Morgan fingerprint density at radius 1 is 1.10 bits per heavy atom. The fourth-order valence-corrected chi connectivity index (χ4v) is 2.68. The molecule has 0 heterocycles. The minimum Gasteiger partial charge on any atom is -0.435 e. The van der Waals surface area contributed by atoms with Gasteiger partial charge in [0, 0.05) is 20.2 Å². The van der Waals surface area contributed by atoms with Crippen LogP contribution in [0.1, 0.15) is 29.7 Å². The van der Waals surface area contributed by atoms with Gasteiger partial charge >= 0.3 is 6.61 Å². The van der Waals surface area contributed by atoms with Gasteiger partial charge in [-0.3, -0.25) is 0 Å². The molecule has 0 radical (unpaired) electrons. The van der Waals surface area contributed by atoms with Gasteiger partial charge in [-0.2, -0.15) is 8.78 Å². The maximum absolute atomic E-state index is 12.2. The summed E-state index contributed by atoms with van der Waals surface area (Å²) in [6.07, 6.45) is -0.829. The number of hydrogen-bond acceptors (Lipinski definition) is 4. The van der Waals surface area contributed by atoms with E-state index in [1.807, 2.05) is 31.2 Å². The summed E-state index contributed by atoms with van der Waals surface area (Å²) in [5.41, 5.74) is 2.71. The van der Waals surface area contributed by atoms with Crippen LogP contribution in [0.15, 0.2) is 53.5 Å². The first kappa shape index (κ1) is 22.6. The van der Waals surface area contributed by atoms with Crippen LogP contribution in [0.25, 0.3) is 0 Å². The molecule has 29 heavy (non-hydrogen) atoms. The van der Waals surface area contributed by atoms with E-state index in [2.05, 4.69) is 20.4 Å². The summed E-state index contributed by atoms with van der Waals surface area (Å²) < 4.78 is 33.9. The molecule has 1 atom stereocenters. The Hall–Kier alpha value is -2.71. The van der Waals surface area contributed by atoms with Crippen LogP contribution in [-0.2, 0) is 17.9 Å². The molecular formula is C21H27F2N3O3. The van der Waals surface area contributed by atoms with Crippen molar-refractivity contribution in [3.63, 3.8) is 0 Å². The fourth-order valence-electron chi connectivity index (χ4n) is 2.68. The lowest BCUT2D eigenvalue weighted by Gasteiger charge is -2.16. The lowest BCUT2D eigenvalue weighted by atomic mass is 10.1. The summed E-state index contributed by atoms with van der Waals surface area (Å²) in [4.78, 5) is 4.54. The summed E-state index contributed by atoms with van der Waals surface area (Å²) in [5, 5.41) is 16.6. The first-order valence-corrected chi connectivity index (χ1v) is 9.33. The average Bonchev–Trinajstić information content (AvgIpc) is 2.70. The molecule has 0 aromatic heterocycles. The van der Waals surface area contributed by atoms with Crippen molar-refractivity contribution in [2.24, 2.45) is 4.99 Å². The Morgan fingerprint density at radius 2 is 1.83 bits per heavy atom. The molecule has 0 saturated heterocycles. The standard InChI is InChI=1S/C21H27F2N3O3/c1-3-24-21(25-12-15-5-4-6-16(11-15)14-28-2)26-13-19(27)17-7-9-18(10-8-17)29-20(22)23/h4-11,19-20,27H,3,12-14H2,1-2H3,(H2,24,25,26). The number of halogens is 2. The highest BCUT2D eigenvalue weighted by molar-refractivity contribution is 5.79. The molecule has 0 saturated carbocycles. The molecule has 0 amide bonds. The van der Waals surface area contributed by atoms with E-state index in [4.69, 9.17) is 4.74 Å². The maximum atomic E-state index is 12.2. The monoisotopic (exact) mass is 407 g/mol. The third-order valence-corrected chi connectivity index (χ3v) is 4.02. The second-order valence-electron chi connectivity index (χ2n) is 6.29. The molecule has 6 nitrogen and oxygen atoms in total. The van der Waals surface area contributed by atoms with Crippen LogP contribution in [0.4, 0.5) is 8.78 Å². The van der Waals surface area contributed by atoms with Crippen molar-refractivity contribution in [3.8, 4) is 5.75 Å². The van der Waals surface area contributed by atoms with E-state index >= 15 is 0 Å². The number of nitrogens with one attached hydrogen (secondary N) is 2. The van der Waals surface area contributed by atoms with Crippen molar-refractivity contribution in [1.29, 1.82) is 0 Å². The first-order valence-electron chi connectivity index (χ1n) is 9.33. The van der Waals surface area contributed by atoms with Crippen LogP contribution >= 0.6 is 0 Å². The Balaban J connectivity index is 1.93. The smallest absolute Gasteiger partial charge is 0.387 e. The highest BCUT2D eigenvalue weighted by Crippen LogP contribution is 2.19. The van der Waals surface area contributed by atoms with Gasteiger partial charge in [0.2, 0.25) is 0 Å². The number of alkyl halides is 2. The SMILES string of the molecule is CCNC(=NCc1cccc(COC)c1)NCC(O)c1ccc(OC(F)F)cc1. The number of nitrogens with zero attached hydrogens (tertiary/aromatic N) is 1. The van der Waals surface area contributed by atoms with Crippen LogP contribution < -0.4 is 15.4 Å². The van der Waals surface area contributed by atoms with Crippen LogP contribution in [0.5, 0.6) is 5.75 Å². The molecule has 2 aromatic rings. The van der Waals surface area contributed by atoms with E-state index < -0.39 is 12.7 Å². The van der Waals surface area contributed by atoms with Gasteiger partial charge < -0.3 is 25.2 Å². The lowest BCUT2D eigenvalue weighted by molar-refractivity contribution is -0.0498. The number of rotatable bonds is 10. The number of benzene rings is 2. The number of guanidine groups is 1. The molecule has 3 N–H and O–H groups in total. The summed E-state index contributed by atoms with van der Waals surface area (Å²) in [5.74, 6) is 0.621. The summed E-state index contributed by atoms with van der Waals surface area (Å²) >= 11 is 0. The Morgan fingerprint density at radius 3 is 2.48 bits per heavy atom. The zero-order valence-corrected chi connectivity index (χ0v) is 16.6. The predicted octanol–water partition coefficient (Wildman–Crippen LogP) is 3.22. The molecule has 2 aromatic carbocycles. The molecule has 0 aliphatic carbocycles. The van der Waals surface area contributed by atoms with Gasteiger partial charge in [0.15, 0.2) is 5.96 Å². The number of hydrogen-bond donors (Lipinski definition) is 3. The number of methoxy groups -OCH3 is 1. The van der Waals surface area contributed by atoms with Gasteiger partial charge in [-0.05, 0) is 35.7 Å². The van der Waals surface area contributed by atoms with Crippen molar-refractivity contribution in [2.45, 2.75) is 32.8 Å². The van der Waals surface area contributed by atoms with Crippen molar-refractivity contribution in [1.82, 2.24) is 10.6 Å². The molecule has 1 unspecified atom stereocenters. The number of aliphatic imine (C=N–C) groups is 1. The van der Waals surface area contributed by atoms with Gasteiger partial charge in [0.25, 0.3) is 0 Å². The van der Waals surface area contributed by atoms with E-state index in [1.54, 1.807) is 19.2 Å². The van der Waals surface area contributed by atoms with Crippen molar-refractivity contribution < 1.29 is 23.4 Å². The van der Waals surface area contributed by atoms with E-state index in [9.17, 15) is 13.9 Å². The molecule has 8 heteroatoms. The molecule has 158 valence electrons. The number of aliphatic hydroxyl groups is 1. The van der Waals surface area contributed by atoms with Gasteiger partial charge in [-0.1, -0.05) is 36.4 Å².